The molecule has 1 N–H and O–H groups in total. The van der Waals surface area contributed by atoms with E-state index in [9.17, 15) is 8.42 Å². The summed E-state index contributed by atoms with van der Waals surface area (Å²) in [5.41, 5.74) is 2.12. The fourth-order valence-corrected chi connectivity index (χ4v) is 2.74. The lowest BCUT2D eigenvalue weighted by Gasteiger charge is -2.09. The van der Waals surface area contributed by atoms with E-state index in [0.29, 0.717) is 24.4 Å². The third kappa shape index (κ3) is 3.94. The second kappa shape index (κ2) is 6.43. The average molecular weight is 327 g/mol. The van der Waals surface area contributed by atoms with Gasteiger partial charge < -0.3 is 4.57 Å². The van der Waals surface area contributed by atoms with Gasteiger partial charge in [-0.05, 0) is 18.2 Å². The molecule has 0 atom stereocenters. The number of sulfonamides is 1. The molecule has 2 aromatic rings. The maximum Gasteiger partial charge on any atom is 0.208 e. The zero-order chi connectivity index (χ0) is 15.5. The third-order valence-corrected chi connectivity index (χ3v) is 3.89. The number of imidazole rings is 1. The zero-order valence-corrected chi connectivity index (χ0v) is 13.1. The van der Waals surface area contributed by atoms with E-state index in [-0.39, 0.29) is 6.54 Å². The summed E-state index contributed by atoms with van der Waals surface area (Å²) in [5, 5.41) is 8.99. The lowest BCUT2D eigenvalue weighted by Crippen LogP contribution is -2.26. The first-order chi connectivity index (χ1) is 9.94. The number of nitriles is 1. The van der Waals surface area contributed by atoms with Crippen LogP contribution in [0.2, 0.25) is 0 Å². The van der Waals surface area contributed by atoms with Crippen molar-refractivity contribution in [3.05, 3.63) is 29.6 Å². The molecule has 0 fully saturated rings. The molecule has 0 bridgehead atoms. The van der Waals surface area contributed by atoms with E-state index >= 15 is 0 Å². The number of hydrogen-bond acceptors (Lipinski definition) is 4. The van der Waals surface area contributed by atoms with Gasteiger partial charge in [-0.3, -0.25) is 0 Å². The van der Waals surface area contributed by atoms with Crippen LogP contribution in [0.5, 0.6) is 0 Å². The molecule has 0 unspecified atom stereocenters. The van der Waals surface area contributed by atoms with Crippen molar-refractivity contribution in [3.8, 4) is 6.07 Å². The van der Waals surface area contributed by atoms with E-state index in [0.717, 1.165) is 23.1 Å². The lowest BCUT2D eigenvalue weighted by molar-refractivity contribution is 0.577. The molecule has 0 spiro atoms. The van der Waals surface area contributed by atoms with E-state index in [1.54, 1.807) is 18.2 Å². The average Bonchev–Trinajstić information content (AvgIpc) is 2.75. The van der Waals surface area contributed by atoms with E-state index < -0.39 is 10.0 Å². The molecule has 0 amide bonds. The third-order valence-electron chi connectivity index (χ3n) is 2.97. The van der Waals surface area contributed by atoms with Crippen molar-refractivity contribution in [1.29, 1.82) is 5.26 Å². The van der Waals surface area contributed by atoms with Crippen LogP contribution in [-0.2, 0) is 23.0 Å². The topological polar surface area (TPSA) is 87.8 Å². The summed E-state index contributed by atoms with van der Waals surface area (Å²) in [6, 6.07) is 7.33. The highest BCUT2D eigenvalue weighted by Crippen LogP contribution is 2.18. The van der Waals surface area contributed by atoms with Crippen molar-refractivity contribution >= 4 is 32.7 Å². The number of alkyl halides is 1. The van der Waals surface area contributed by atoms with Crippen LogP contribution >= 0.6 is 11.6 Å². The molecule has 0 aliphatic heterocycles. The van der Waals surface area contributed by atoms with Crippen LogP contribution < -0.4 is 4.72 Å². The highest BCUT2D eigenvalue weighted by Gasteiger charge is 2.11. The Balaban J connectivity index is 2.37. The molecular weight excluding hydrogens is 312 g/mol. The van der Waals surface area contributed by atoms with Crippen molar-refractivity contribution in [3.63, 3.8) is 0 Å². The lowest BCUT2D eigenvalue weighted by atomic mass is 10.2. The highest BCUT2D eigenvalue weighted by molar-refractivity contribution is 7.88. The van der Waals surface area contributed by atoms with Crippen LogP contribution in [0.4, 0.5) is 0 Å². The molecule has 0 radical (unpaired) electrons. The second-order valence-electron chi connectivity index (χ2n) is 4.60. The van der Waals surface area contributed by atoms with Crippen LogP contribution in [0.3, 0.4) is 0 Å². The SMILES string of the molecule is CS(=O)(=O)NCCn1c(CCCl)nc2ccc(C#N)cc21. The molecule has 8 heteroatoms. The molecule has 112 valence electrons. The van der Waals surface area contributed by atoms with Crippen LogP contribution in [0.25, 0.3) is 11.0 Å². The predicted molar refractivity (Wildman–Crippen MR) is 81.7 cm³/mol. The predicted octanol–water partition coefficient (Wildman–Crippen LogP) is 1.24. The summed E-state index contributed by atoms with van der Waals surface area (Å²) >= 11 is 5.78. The van der Waals surface area contributed by atoms with Gasteiger partial charge in [-0.15, -0.1) is 11.6 Å². The second-order valence-corrected chi connectivity index (χ2v) is 6.81. The molecular formula is C13H15ClN4O2S. The van der Waals surface area contributed by atoms with Crippen molar-refractivity contribution in [2.75, 3.05) is 18.7 Å². The Morgan fingerprint density at radius 3 is 2.86 bits per heavy atom. The van der Waals surface area contributed by atoms with Crippen molar-refractivity contribution in [2.45, 2.75) is 13.0 Å². The first kappa shape index (κ1) is 15.8. The largest absolute Gasteiger partial charge is 0.327 e. The fourth-order valence-electron chi connectivity index (χ4n) is 2.11. The van der Waals surface area contributed by atoms with E-state index in [4.69, 9.17) is 16.9 Å². The summed E-state index contributed by atoms with van der Waals surface area (Å²) in [6.45, 7) is 0.695. The number of rotatable bonds is 6. The maximum absolute atomic E-state index is 11.1. The van der Waals surface area contributed by atoms with Crippen molar-refractivity contribution in [1.82, 2.24) is 14.3 Å². The molecule has 21 heavy (non-hydrogen) atoms. The van der Waals surface area contributed by atoms with Gasteiger partial charge in [0, 0.05) is 25.4 Å². The number of nitrogens with one attached hydrogen (secondary N) is 1. The standard InChI is InChI=1S/C13H15ClN4O2S/c1-21(19,20)16-6-7-18-12-8-10(9-15)2-3-11(12)17-13(18)4-5-14/h2-3,8,16H,4-7H2,1H3. The molecule has 1 heterocycles. The van der Waals surface area contributed by atoms with Gasteiger partial charge in [0.2, 0.25) is 10.0 Å². The number of fused-ring (bicyclic) bond motifs is 1. The Morgan fingerprint density at radius 2 is 2.24 bits per heavy atom. The van der Waals surface area contributed by atoms with Crippen molar-refractivity contribution < 1.29 is 8.42 Å². The Labute approximate surface area is 128 Å². The van der Waals surface area contributed by atoms with Gasteiger partial charge in [-0.1, -0.05) is 0 Å². The minimum absolute atomic E-state index is 0.260. The molecule has 0 aliphatic carbocycles. The number of benzene rings is 1. The summed E-state index contributed by atoms with van der Waals surface area (Å²) in [5.74, 6) is 1.21. The Morgan fingerprint density at radius 1 is 1.48 bits per heavy atom. The summed E-state index contributed by atoms with van der Waals surface area (Å²) in [4.78, 5) is 4.48. The van der Waals surface area contributed by atoms with Gasteiger partial charge in [0.25, 0.3) is 0 Å². The Bertz CT molecular complexity index is 792. The Kier molecular flexibility index (Phi) is 4.83. The van der Waals surface area contributed by atoms with Gasteiger partial charge >= 0.3 is 0 Å². The zero-order valence-electron chi connectivity index (χ0n) is 11.5. The van der Waals surface area contributed by atoms with Crippen LogP contribution in [0.1, 0.15) is 11.4 Å². The van der Waals surface area contributed by atoms with Crippen LogP contribution in [-0.4, -0.2) is 36.6 Å². The highest BCUT2D eigenvalue weighted by atomic mass is 35.5. The number of nitrogens with zero attached hydrogens (tertiary/aromatic N) is 3. The fraction of sp³-hybridized carbons (Fsp3) is 0.385. The smallest absolute Gasteiger partial charge is 0.208 e. The molecule has 1 aromatic heterocycles. The maximum atomic E-state index is 11.1. The monoisotopic (exact) mass is 326 g/mol. The van der Waals surface area contributed by atoms with Crippen LogP contribution in [0.15, 0.2) is 18.2 Å². The van der Waals surface area contributed by atoms with Crippen molar-refractivity contribution in [2.24, 2.45) is 0 Å². The Hall–Kier alpha value is -1.62. The molecule has 0 saturated heterocycles. The summed E-state index contributed by atoms with van der Waals surface area (Å²) < 4.78 is 26.6. The number of aromatic nitrogens is 2. The molecule has 0 saturated carbocycles. The van der Waals surface area contributed by atoms with E-state index in [1.165, 1.54) is 0 Å². The van der Waals surface area contributed by atoms with Gasteiger partial charge in [0.1, 0.15) is 5.82 Å². The summed E-state index contributed by atoms with van der Waals surface area (Å²) in [6.07, 6.45) is 1.70. The first-order valence-electron chi connectivity index (χ1n) is 6.34. The molecule has 0 aliphatic rings. The van der Waals surface area contributed by atoms with Gasteiger partial charge in [-0.25, -0.2) is 18.1 Å². The summed E-state index contributed by atoms with van der Waals surface area (Å²) in [7, 11) is -3.23. The number of hydrogen-bond donors (Lipinski definition) is 1. The number of aryl methyl sites for hydroxylation is 1. The van der Waals surface area contributed by atoms with Crippen LogP contribution in [0, 0.1) is 11.3 Å². The minimum Gasteiger partial charge on any atom is -0.327 e. The number of halogens is 1. The molecule has 1 aromatic carbocycles. The molecule has 6 nitrogen and oxygen atoms in total. The van der Waals surface area contributed by atoms with E-state index in [2.05, 4.69) is 15.8 Å². The normalized spacial score (nSPS) is 11.7. The molecule has 2 rings (SSSR count). The van der Waals surface area contributed by atoms with Gasteiger partial charge in [0.15, 0.2) is 0 Å². The first-order valence-corrected chi connectivity index (χ1v) is 8.77. The van der Waals surface area contributed by atoms with Gasteiger partial charge in [0.05, 0.1) is 28.9 Å². The minimum atomic E-state index is -3.23. The van der Waals surface area contributed by atoms with E-state index in [1.807, 2.05) is 4.57 Å². The van der Waals surface area contributed by atoms with Gasteiger partial charge in [-0.2, -0.15) is 5.26 Å². The quantitative estimate of drug-likeness (QED) is 0.809.